The number of hydrogen-bond acceptors (Lipinski definition) is 4. The summed E-state index contributed by atoms with van der Waals surface area (Å²) in [6.45, 7) is 2.09. The standard InChI is InChI=1S/C21H22F4N4O2/c22-14-1-2-15(17(11-14)21(23,24)25)13-3-7-29(8-4-13)20(31)19-16-5-6-28(9-10-30)12-18(16)26-27-19/h1-2,10-11,13H,3-9,12H2,(H,26,27). The molecule has 6 nitrogen and oxygen atoms in total. The van der Waals surface area contributed by atoms with Crippen molar-refractivity contribution in [2.24, 2.45) is 0 Å². The molecule has 1 amide bonds. The van der Waals surface area contributed by atoms with Crippen LogP contribution in [-0.4, -0.2) is 58.4 Å². The highest BCUT2D eigenvalue weighted by Crippen LogP contribution is 2.39. The molecule has 2 aromatic rings. The summed E-state index contributed by atoms with van der Waals surface area (Å²) < 4.78 is 53.4. The van der Waals surface area contributed by atoms with Gasteiger partial charge < -0.3 is 9.69 Å². The quantitative estimate of drug-likeness (QED) is 0.588. The van der Waals surface area contributed by atoms with Crippen LogP contribution in [0, 0.1) is 5.82 Å². The molecule has 10 heteroatoms. The first-order valence-corrected chi connectivity index (χ1v) is 10.2. The summed E-state index contributed by atoms with van der Waals surface area (Å²) in [7, 11) is 0. The third-order valence-corrected chi connectivity index (χ3v) is 6.09. The Morgan fingerprint density at radius 3 is 2.65 bits per heavy atom. The molecule has 2 aliphatic heterocycles. The average Bonchev–Trinajstić information content (AvgIpc) is 3.16. The van der Waals surface area contributed by atoms with Crippen molar-refractivity contribution in [3.63, 3.8) is 0 Å². The van der Waals surface area contributed by atoms with Crippen LogP contribution >= 0.6 is 0 Å². The number of carbonyl (C=O) groups excluding carboxylic acids is 2. The Hall–Kier alpha value is -2.75. The summed E-state index contributed by atoms with van der Waals surface area (Å²) in [5.74, 6) is -1.56. The van der Waals surface area contributed by atoms with Crippen LogP contribution in [0.3, 0.4) is 0 Å². The van der Waals surface area contributed by atoms with E-state index in [0.29, 0.717) is 63.7 Å². The largest absolute Gasteiger partial charge is 0.416 e. The van der Waals surface area contributed by atoms with E-state index in [1.807, 2.05) is 4.90 Å². The average molecular weight is 438 g/mol. The van der Waals surface area contributed by atoms with Crippen molar-refractivity contribution in [2.45, 2.75) is 37.9 Å². The number of halogens is 4. The molecular weight excluding hydrogens is 416 g/mol. The van der Waals surface area contributed by atoms with Crippen molar-refractivity contribution in [1.29, 1.82) is 0 Å². The fraction of sp³-hybridized carbons (Fsp3) is 0.476. The van der Waals surface area contributed by atoms with E-state index in [0.717, 1.165) is 23.6 Å². The van der Waals surface area contributed by atoms with Gasteiger partial charge in [0.25, 0.3) is 5.91 Å². The number of amides is 1. The van der Waals surface area contributed by atoms with Crippen LogP contribution < -0.4 is 0 Å². The van der Waals surface area contributed by atoms with Gasteiger partial charge in [0, 0.05) is 31.7 Å². The summed E-state index contributed by atoms with van der Waals surface area (Å²) in [4.78, 5) is 27.3. The summed E-state index contributed by atoms with van der Waals surface area (Å²) in [6, 6.07) is 2.79. The number of benzene rings is 1. The van der Waals surface area contributed by atoms with Crippen molar-refractivity contribution in [2.75, 3.05) is 26.2 Å². The lowest BCUT2D eigenvalue weighted by atomic mass is 9.86. The number of piperidine rings is 1. The van der Waals surface area contributed by atoms with Gasteiger partial charge in [0.15, 0.2) is 5.69 Å². The molecule has 3 heterocycles. The van der Waals surface area contributed by atoms with Gasteiger partial charge in [-0.05, 0) is 42.9 Å². The smallest absolute Gasteiger partial charge is 0.337 e. The SMILES string of the molecule is O=CCN1CCc2c(C(=O)N3CCC(c4ccc(F)cc4C(F)(F)F)CC3)n[nH]c2C1. The lowest BCUT2D eigenvalue weighted by Crippen LogP contribution is -2.39. The molecular formula is C21H22F4N4O2. The van der Waals surface area contributed by atoms with E-state index in [9.17, 15) is 27.2 Å². The number of aromatic amines is 1. The van der Waals surface area contributed by atoms with Crippen molar-refractivity contribution in [3.8, 4) is 0 Å². The number of aldehydes is 1. The molecule has 0 saturated carbocycles. The van der Waals surface area contributed by atoms with Gasteiger partial charge >= 0.3 is 6.18 Å². The molecule has 1 aromatic carbocycles. The Morgan fingerprint density at radius 1 is 1.23 bits per heavy atom. The minimum atomic E-state index is -4.63. The molecule has 0 atom stereocenters. The van der Waals surface area contributed by atoms with E-state index in [4.69, 9.17) is 0 Å². The first-order valence-electron chi connectivity index (χ1n) is 10.2. The zero-order valence-electron chi connectivity index (χ0n) is 16.7. The molecule has 0 aliphatic carbocycles. The van der Waals surface area contributed by atoms with Crippen LogP contribution in [0.5, 0.6) is 0 Å². The van der Waals surface area contributed by atoms with Gasteiger partial charge in [-0.1, -0.05) is 6.07 Å². The highest BCUT2D eigenvalue weighted by molar-refractivity contribution is 5.94. The van der Waals surface area contributed by atoms with Crippen LogP contribution in [0.2, 0.25) is 0 Å². The Balaban J connectivity index is 1.45. The molecule has 31 heavy (non-hydrogen) atoms. The molecule has 0 spiro atoms. The van der Waals surface area contributed by atoms with Gasteiger partial charge in [-0.2, -0.15) is 18.3 Å². The van der Waals surface area contributed by atoms with Crippen molar-refractivity contribution >= 4 is 12.2 Å². The number of nitrogens with zero attached hydrogens (tertiary/aromatic N) is 3. The fourth-order valence-electron chi connectivity index (χ4n) is 4.49. The number of alkyl halides is 3. The van der Waals surface area contributed by atoms with Crippen LogP contribution in [0.15, 0.2) is 18.2 Å². The fourth-order valence-corrected chi connectivity index (χ4v) is 4.49. The maximum absolute atomic E-state index is 13.4. The molecule has 4 rings (SSSR count). The van der Waals surface area contributed by atoms with Crippen LogP contribution in [-0.2, 0) is 23.9 Å². The Labute approximate surface area is 176 Å². The van der Waals surface area contributed by atoms with E-state index in [1.54, 1.807) is 4.90 Å². The number of nitrogens with one attached hydrogen (secondary N) is 1. The number of H-pyrrole nitrogens is 1. The first kappa shape index (κ1) is 21.5. The minimum Gasteiger partial charge on any atom is -0.337 e. The van der Waals surface area contributed by atoms with E-state index in [-0.39, 0.29) is 11.5 Å². The normalized spacial score (nSPS) is 18.1. The van der Waals surface area contributed by atoms with E-state index < -0.39 is 23.5 Å². The number of likely N-dealkylation sites (tertiary alicyclic amines) is 1. The molecule has 0 unspecified atom stereocenters. The molecule has 0 bridgehead atoms. The van der Waals surface area contributed by atoms with E-state index in [1.165, 1.54) is 6.07 Å². The van der Waals surface area contributed by atoms with E-state index in [2.05, 4.69) is 10.2 Å². The van der Waals surface area contributed by atoms with Gasteiger partial charge in [-0.25, -0.2) is 4.39 Å². The summed E-state index contributed by atoms with van der Waals surface area (Å²) in [6.07, 6.45) is -2.47. The summed E-state index contributed by atoms with van der Waals surface area (Å²) in [5.41, 5.74) is 1.13. The highest BCUT2D eigenvalue weighted by Gasteiger charge is 2.37. The number of carbonyl (C=O) groups is 2. The first-order chi connectivity index (χ1) is 14.8. The second-order valence-electron chi connectivity index (χ2n) is 7.98. The molecule has 1 aromatic heterocycles. The van der Waals surface area contributed by atoms with Crippen molar-refractivity contribution in [1.82, 2.24) is 20.0 Å². The molecule has 1 saturated heterocycles. The zero-order chi connectivity index (χ0) is 22.2. The van der Waals surface area contributed by atoms with Crippen molar-refractivity contribution in [3.05, 3.63) is 52.1 Å². The summed E-state index contributed by atoms with van der Waals surface area (Å²) >= 11 is 0. The van der Waals surface area contributed by atoms with Gasteiger partial charge in [0.05, 0.1) is 17.8 Å². The maximum atomic E-state index is 13.4. The number of rotatable bonds is 4. The Kier molecular flexibility index (Phi) is 5.83. The van der Waals surface area contributed by atoms with Crippen molar-refractivity contribution < 1.29 is 27.2 Å². The lowest BCUT2D eigenvalue weighted by Gasteiger charge is -2.33. The van der Waals surface area contributed by atoms with Gasteiger partial charge in [-0.3, -0.25) is 14.8 Å². The van der Waals surface area contributed by atoms with Gasteiger partial charge in [0.2, 0.25) is 0 Å². The molecule has 166 valence electrons. The number of hydrogen-bond donors (Lipinski definition) is 1. The Bertz CT molecular complexity index is 980. The van der Waals surface area contributed by atoms with Gasteiger partial charge in [0.1, 0.15) is 12.1 Å². The second kappa shape index (κ2) is 8.41. The molecule has 1 N–H and O–H groups in total. The van der Waals surface area contributed by atoms with Crippen LogP contribution in [0.25, 0.3) is 0 Å². The topological polar surface area (TPSA) is 69.3 Å². The van der Waals surface area contributed by atoms with Gasteiger partial charge in [-0.15, -0.1) is 0 Å². The predicted molar refractivity (Wildman–Crippen MR) is 103 cm³/mol. The molecule has 1 fully saturated rings. The maximum Gasteiger partial charge on any atom is 0.416 e. The number of aromatic nitrogens is 2. The van der Waals surface area contributed by atoms with Crippen LogP contribution in [0.1, 0.15) is 51.6 Å². The third-order valence-electron chi connectivity index (χ3n) is 6.09. The number of fused-ring (bicyclic) bond motifs is 1. The zero-order valence-corrected chi connectivity index (χ0v) is 16.7. The lowest BCUT2D eigenvalue weighted by molar-refractivity contribution is -0.138. The predicted octanol–water partition coefficient (Wildman–Crippen LogP) is 3.14. The summed E-state index contributed by atoms with van der Waals surface area (Å²) in [5, 5.41) is 7.06. The Morgan fingerprint density at radius 2 is 1.97 bits per heavy atom. The monoisotopic (exact) mass is 438 g/mol. The third kappa shape index (κ3) is 4.34. The highest BCUT2D eigenvalue weighted by atomic mass is 19.4. The minimum absolute atomic E-state index is 0.0772. The van der Waals surface area contributed by atoms with E-state index >= 15 is 0 Å². The van der Waals surface area contributed by atoms with Crippen LogP contribution in [0.4, 0.5) is 17.6 Å². The second-order valence-corrected chi connectivity index (χ2v) is 7.98. The molecule has 2 aliphatic rings. The molecule has 0 radical (unpaired) electrons.